The highest BCUT2D eigenvalue weighted by Gasteiger charge is 2.13. The molecule has 0 saturated carbocycles. The van der Waals surface area contributed by atoms with E-state index in [0.29, 0.717) is 23.9 Å². The standard InChI is InChI=1S/C25H23N3O2S/c1-18-8-5-6-11-22(18)25-28-27-24(30-25)20-14-12-19(13-15-20)23(29)26-16-7-17-31-21-9-3-2-4-10-21/h2-6,8-15H,7,16-17H2,1H3,(H,26,29). The van der Waals surface area contributed by atoms with Crippen LogP contribution in [0.15, 0.2) is 88.2 Å². The number of nitrogens with one attached hydrogen (secondary N) is 1. The Bertz CT molecular complexity index is 1140. The van der Waals surface area contributed by atoms with Gasteiger partial charge in [-0.25, -0.2) is 0 Å². The molecule has 0 aliphatic carbocycles. The van der Waals surface area contributed by atoms with Crippen LogP contribution >= 0.6 is 11.8 Å². The summed E-state index contributed by atoms with van der Waals surface area (Å²) >= 11 is 1.79. The third-order valence-electron chi connectivity index (χ3n) is 4.81. The van der Waals surface area contributed by atoms with Gasteiger partial charge in [-0.15, -0.1) is 22.0 Å². The van der Waals surface area contributed by atoms with Crippen LogP contribution in [0.3, 0.4) is 0 Å². The SMILES string of the molecule is Cc1ccccc1-c1nnc(-c2ccc(C(=O)NCCCSc3ccccc3)cc2)o1. The summed E-state index contributed by atoms with van der Waals surface area (Å²) in [5.74, 6) is 1.80. The van der Waals surface area contributed by atoms with Crippen LogP contribution in [0, 0.1) is 6.92 Å². The molecule has 0 atom stereocenters. The normalized spacial score (nSPS) is 10.7. The lowest BCUT2D eigenvalue weighted by Crippen LogP contribution is -2.24. The van der Waals surface area contributed by atoms with Gasteiger partial charge in [-0.05, 0) is 67.1 Å². The van der Waals surface area contributed by atoms with Gasteiger partial charge in [0.05, 0.1) is 0 Å². The summed E-state index contributed by atoms with van der Waals surface area (Å²) in [4.78, 5) is 13.6. The lowest BCUT2D eigenvalue weighted by Gasteiger charge is -2.06. The number of carbonyl (C=O) groups is 1. The van der Waals surface area contributed by atoms with E-state index in [1.54, 1.807) is 23.9 Å². The van der Waals surface area contributed by atoms with Gasteiger partial charge in [0.2, 0.25) is 11.8 Å². The van der Waals surface area contributed by atoms with Gasteiger partial charge in [0.25, 0.3) is 5.91 Å². The third-order valence-corrected chi connectivity index (χ3v) is 5.91. The Morgan fingerprint density at radius 3 is 2.39 bits per heavy atom. The minimum atomic E-state index is -0.0811. The number of thioether (sulfide) groups is 1. The Morgan fingerprint density at radius 1 is 0.903 bits per heavy atom. The summed E-state index contributed by atoms with van der Waals surface area (Å²) in [6, 6.07) is 25.4. The van der Waals surface area contributed by atoms with Gasteiger partial charge in [-0.1, -0.05) is 36.4 Å². The quantitative estimate of drug-likeness (QED) is 0.291. The van der Waals surface area contributed by atoms with E-state index in [9.17, 15) is 4.79 Å². The van der Waals surface area contributed by atoms with Gasteiger partial charge < -0.3 is 9.73 Å². The molecule has 4 rings (SSSR count). The highest BCUT2D eigenvalue weighted by molar-refractivity contribution is 7.99. The molecule has 0 saturated heterocycles. The number of hydrogen-bond acceptors (Lipinski definition) is 5. The first-order valence-electron chi connectivity index (χ1n) is 10.2. The lowest BCUT2D eigenvalue weighted by molar-refractivity contribution is 0.0954. The molecular weight excluding hydrogens is 406 g/mol. The Hall–Kier alpha value is -3.38. The molecule has 4 aromatic rings. The number of rotatable bonds is 8. The number of nitrogens with zero attached hydrogens (tertiary/aromatic N) is 2. The summed E-state index contributed by atoms with van der Waals surface area (Å²) in [5.41, 5.74) is 3.39. The summed E-state index contributed by atoms with van der Waals surface area (Å²) in [6.07, 6.45) is 0.910. The molecule has 0 fully saturated rings. The first-order valence-corrected chi connectivity index (χ1v) is 11.2. The summed E-state index contributed by atoms with van der Waals surface area (Å²) < 4.78 is 5.84. The van der Waals surface area contributed by atoms with E-state index >= 15 is 0 Å². The fourth-order valence-electron chi connectivity index (χ4n) is 3.11. The number of carbonyl (C=O) groups excluding carboxylic acids is 1. The topological polar surface area (TPSA) is 68.0 Å². The molecule has 1 N–H and O–H groups in total. The fraction of sp³-hybridized carbons (Fsp3) is 0.160. The zero-order valence-electron chi connectivity index (χ0n) is 17.2. The maximum atomic E-state index is 12.4. The van der Waals surface area contributed by atoms with Gasteiger partial charge in [-0.2, -0.15) is 0 Å². The molecule has 3 aromatic carbocycles. The van der Waals surface area contributed by atoms with Crippen molar-refractivity contribution in [1.82, 2.24) is 15.5 Å². The summed E-state index contributed by atoms with van der Waals surface area (Å²) in [7, 11) is 0. The zero-order chi connectivity index (χ0) is 21.5. The molecule has 31 heavy (non-hydrogen) atoms. The molecule has 0 unspecified atom stereocenters. The Kier molecular flexibility index (Phi) is 6.79. The van der Waals surface area contributed by atoms with E-state index in [-0.39, 0.29) is 5.91 Å². The van der Waals surface area contributed by atoms with Crippen molar-refractivity contribution in [3.05, 3.63) is 90.0 Å². The number of amides is 1. The van der Waals surface area contributed by atoms with E-state index in [1.165, 1.54) is 4.90 Å². The van der Waals surface area contributed by atoms with Crippen molar-refractivity contribution in [3.63, 3.8) is 0 Å². The Balaban J connectivity index is 1.30. The second kappa shape index (κ2) is 10.1. The molecule has 0 radical (unpaired) electrons. The molecule has 1 aromatic heterocycles. The lowest BCUT2D eigenvalue weighted by atomic mass is 10.1. The highest BCUT2D eigenvalue weighted by Crippen LogP contribution is 2.26. The molecule has 0 aliphatic heterocycles. The number of aryl methyl sites for hydroxylation is 1. The average Bonchev–Trinajstić information content (AvgIpc) is 3.30. The molecule has 1 amide bonds. The van der Waals surface area contributed by atoms with E-state index in [1.807, 2.05) is 61.5 Å². The van der Waals surface area contributed by atoms with Crippen LogP contribution < -0.4 is 5.32 Å². The van der Waals surface area contributed by atoms with Crippen LogP contribution in [0.1, 0.15) is 22.3 Å². The Labute approximate surface area is 185 Å². The predicted molar refractivity (Wildman–Crippen MR) is 124 cm³/mol. The molecule has 1 heterocycles. The van der Waals surface area contributed by atoms with Crippen molar-refractivity contribution in [3.8, 4) is 22.9 Å². The van der Waals surface area contributed by atoms with Crippen molar-refractivity contribution in [2.75, 3.05) is 12.3 Å². The van der Waals surface area contributed by atoms with Crippen molar-refractivity contribution < 1.29 is 9.21 Å². The first kappa shape index (κ1) is 20.9. The zero-order valence-corrected chi connectivity index (χ0v) is 18.1. The smallest absolute Gasteiger partial charge is 0.251 e. The van der Waals surface area contributed by atoms with Crippen LogP contribution in [-0.2, 0) is 0 Å². The first-order chi connectivity index (χ1) is 15.2. The average molecular weight is 430 g/mol. The predicted octanol–water partition coefficient (Wildman–Crippen LogP) is 5.62. The maximum Gasteiger partial charge on any atom is 0.251 e. The van der Waals surface area contributed by atoms with Crippen LogP contribution in [0.2, 0.25) is 0 Å². The van der Waals surface area contributed by atoms with Gasteiger partial charge >= 0.3 is 0 Å². The van der Waals surface area contributed by atoms with Crippen LogP contribution in [0.5, 0.6) is 0 Å². The largest absolute Gasteiger partial charge is 0.416 e. The molecule has 0 bridgehead atoms. The van der Waals surface area contributed by atoms with Crippen LogP contribution in [0.25, 0.3) is 22.9 Å². The molecule has 5 nitrogen and oxygen atoms in total. The minimum absolute atomic E-state index is 0.0811. The molecular formula is C25H23N3O2S. The summed E-state index contributed by atoms with van der Waals surface area (Å²) in [6.45, 7) is 2.65. The van der Waals surface area contributed by atoms with E-state index in [2.05, 4.69) is 27.6 Å². The third kappa shape index (κ3) is 5.41. The van der Waals surface area contributed by atoms with Crippen molar-refractivity contribution in [1.29, 1.82) is 0 Å². The molecule has 6 heteroatoms. The number of aromatic nitrogens is 2. The second-order valence-corrected chi connectivity index (χ2v) is 8.24. The monoisotopic (exact) mass is 429 g/mol. The number of benzene rings is 3. The highest BCUT2D eigenvalue weighted by atomic mass is 32.2. The Morgan fingerprint density at radius 2 is 1.61 bits per heavy atom. The minimum Gasteiger partial charge on any atom is -0.416 e. The van der Waals surface area contributed by atoms with Gasteiger partial charge in [-0.3, -0.25) is 4.79 Å². The van der Waals surface area contributed by atoms with Gasteiger partial charge in [0.1, 0.15) is 0 Å². The molecule has 156 valence electrons. The van der Waals surface area contributed by atoms with Crippen LogP contribution in [0.4, 0.5) is 0 Å². The van der Waals surface area contributed by atoms with Gasteiger partial charge in [0, 0.05) is 28.1 Å². The molecule has 0 aliphatic rings. The van der Waals surface area contributed by atoms with Crippen molar-refractivity contribution in [2.24, 2.45) is 0 Å². The van der Waals surface area contributed by atoms with Gasteiger partial charge in [0.15, 0.2) is 0 Å². The van der Waals surface area contributed by atoms with E-state index in [4.69, 9.17) is 4.42 Å². The fourth-order valence-corrected chi connectivity index (χ4v) is 3.98. The van der Waals surface area contributed by atoms with Crippen molar-refractivity contribution >= 4 is 17.7 Å². The maximum absolute atomic E-state index is 12.4. The summed E-state index contributed by atoms with van der Waals surface area (Å²) in [5, 5.41) is 11.3. The molecule has 0 spiro atoms. The van der Waals surface area contributed by atoms with Crippen molar-refractivity contribution in [2.45, 2.75) is 18.2 Å². The number of hydrogen-bond donors (Lipinski definition) is 1. The van der Waals surface area contributed by atoms with E-state index < -0.39 is 0 Å². The van der Waals surface area contributed by atoms with Crippen LogP contribution in [-0.4, -0.2) is 28.4 Å². The van der Waals surface area contributed by atoms with E-state index in [0.717, 1.165) is 28.9 Å². The second-order valence-electron chi connectivity index (χ2n) is 7.08.